The second kappa shape index (κ2) is 17.8. The van der Waals surface area contributed by atoms with Crippen LogP contribution in [0.5, 0.6) is 0 Å². The van der Waals surface area contributed by atoms with Crippen molar-refractivity contribution in [3.8, 4) is 0 Å². The molecule has 0 bridgehead atoms. The van der Waals surface area contributed by atoms with Gasteiger partial charge in [-0.3, -0.25) is 0 Å². The molecule has 0 amide bonds. The molecule has 0 aromatic carbocycles. The van der Waals surface area contributed by atoms with E-state index in [1.165, 1.54) is 89.9 Å². The number of aliphatic hydroxyl groups excluding tert-OH is 2. The lowest BCUT2D eigenvalue weighted by molar-refractivity contribution is -0.186. The summed E-state index contributed by atoms with van der Waals surface area (Å²) in [5, 5.41) is 22.7. The van der Waals surface area contributed by atoms with Crippen LogP contribution in [0, 0.1) is 105 Å². The topological polar surface area (TPSA) is 93.1 Å². The highest BCUT2D eigenvalue weighted by molar-refractivity contribution is 7.81. The molecular formula is C54H94O6S. The molecular weight excluding hydrogens is 777 g/mol. The lowest BCUT2D eigenvalue weighted by Crippen LogP contribution is -2.61. The van der Waals surface area contributed by atoms with E-state index in [0.29, 0.717) is 59.2 Å². The first-order valence-corrected chi connectivity index (χ1v) is 28.0. The number of rotatable bonds is 14. The van der Waals surface area contributed by atoms with Crippen molar-refractivity contribution in [1.29, 1.82) is 0 Å². The molecule has 8 aliphatic carbocycles. The second-order valence-electron chi connectivity index (χ2n) is 25.9. The molecule has 8 fully saturated rings. The summed E-state index contributed by atoms with van der Waals surface area (Å²) in [6.45, 7) is 24.4. The number of hydrogen-bond donors (Lipinski definition) is 2. The van der Waals surface area contributed by atoms with Crippen LogP contribution >= 0.6 is 0 Å². The molecule has 0 heterocycles. The summed E-state index contributed by atoms with van der Waals surface area (Å²) in [6.07, 6.45) is 22.3. The monoisotopic (exact) mass is 871 g/mol. The SMILES string of the molecule is CC(C)CCC[C@@H](C)[C@H]1CC[C@H]2[C@H]3CC[C@@H]4C[C@H](O)CC(OS(=O)(=O)OC5C[C@@H](O)C[C@H]6CC[C@@H]7[C@@H]8CC[C@H]([C@H](C)CCCC(C)C)[C@@]8(C)CC[C@@H]7[C@@]56C)[C@]4(C)[C@H]3CC[C@]12C. The minimum atomic E-state index is -4.43. The zero-order valence-electron chi connectivity index (χ0n) is 40.9. The molecule has 2 unspecified atom stereocenters. The van der Waals surface area contributed by atoms with Crippen LogP contribution in [0.15, 0.2) is 0 Å². The van der Waals surface area contributed by atoms with E-state index in [-0.39, 0.29) is 22.7 Å². The molecule has 0 aliphatic heterocycles. The molecule has 8 aliphatic rings. The summed E-state index contributed by atoms with van der Waals surface area (Å²) in [6, 6.07) is 0. The summed E-state index contributed by atoms with van der Waals surface area (Å²) in [5.41, 5.74) is 0.0610. The fourth-order valence-corrected chi connectivity index (χ4v) is 20.4. The third kappa shape index (κ3) is 8.44. The Labute approximate surface area is 375 Å². The molecule has 352 valence electrons. The number of aliphatic hydroxyl groups is 2. The van der Waals surface area contributed by atoms with E-state index in [2.05, 4.69) is 69.2 Å². The third-order valence-corrected chi connectivity index (χ3v) is 23.2. The van der Waals surface area contributed by atoms with Gasteiger partial charge in [0.25, 0.3) is 0 Å². The lowest BCUT2D eigenvalue weighted by Gasteiger charge is -2.63. The Balaban J connectivity index is 0.987. The van der Waals surface area contributed by atoms with Gasteiger partial charge in [0.1, 0.15) is 0 Å². The molecule has 0 aromatic heterocycles. The highest BCUT2D eigenvalue weighted by Crippen LogP contribution is 2.71. The Morgan fingerprint density at radius 2 is 0.902 bits per heavy atom. The summed E-state index contributed by atoms with van der Waals surface area (Å²) < 4.78 is 42.4. The largest absolute Gasteiger partial charge is 0.400 e. The van der Waals surface area contributed by atoms with E-state index in [1.54, 1.807) is 0 Å². The van der Waals surface area contributed by atoms with E-state index in [0.717, 1.165) is 74.0 Å². The van der Waals surface area contributed by atoms with Crippen molar-refractivity contribution in [1.82, 2.24) is 0 Å². The lowest BCUT2D eigenvalue weighted by atomic mass is 9.43. The average Bonchev–Trinajstić information content (AvgIpc) is 3.72. The van der Waals surface area contributed by atoms with Crippen molar-refractivity contribution in [2.24, 2.45) is 105 Å². The maximum Gasteiger partial charge on any atom is 0.400 e. The molecule has 0 aromatic rings. The molecule has 0 spiro atoms. The van der Waals surface area contributed by atoms with Crippen LogP contribution in [0.4, 0.5) is 0 Å². The molecule has 61 heavy (non-hydrogen) atoms. The smallest absolute Gasteiger partial charge is 0.393 e. The van der Waals surface area contributed by atoms with Gasteiger partial charge in [0, 0.05) is 23.7 Å². The minimum Gasteiger partial charge on any atom is -0.393 e. The van der Waals surface area contributed by atoms with Gasteiger partial charge in [0.05, 0.1) is 24.4 Å². The van der Waals surface area contributed by atoms with Crippen LogP contribution in [-0.4, -0.2) is 43.0 Å². The van der Waals surface area contributed by atoms with Crippen molar-refractivity contribution in [2.45, 2.75) is 235 Å². The normalized spacial score (nSPS) is 49.3. The van der Waals surface area contributed by atoms with Crippen molar-refractivity contribution in [2.75, 3.05) is 0 Å². The molecule has 8 saturated carbocycles. The van der Waals surface area contributed by atoms with Crippen molar-refractivity contribution < 1.29 is 27.0 Å². The first-order chi connectivity index (χ1) is 28.7. The quantitative estimate of drug-likeness (QED) is 0.181. The van der Waals surface area contributed by atoms with E-state index in [1.807, 2.05) is 0 Å². The predicted octanol–water partition coefficient (Wildman–Crippen LogP) is 13.2. The van der Waals surface area contributed by atoms with Crippen LogP contribution in [0.2, 0.25) is 0 Å². The molecule has 7 heteroatoms. The Morgan fingerprint density at radius 3 is 1.28 bits per heavy atom. The predicted molar refractivity (Wildman–Crippen MR) is 248 cm³/mol. The van der Waals surface area contributed by atoms with E-state index < -0.39 is 34.8 Å². The van der Waals surface area contributed by atoms with Gasteiger partial charge in [-0.05, 0) is 184 Å². The maximum atomic E-state index is 14.7. The van der Waals surface area contributed by atoms with Gasteiger partial charge in [-0.25, -0.2) is 8.37 Å². The van der Waals surface area contributed by atoms with Crippen molar-refractivity contribution in [3.05, 3.63) is 0 Å². The van der Waals surface area contributed by atoms with E-state index >= 15 is 0 Å². The van der Waals surface area contributed by atoms with Gasteiger partial charge in [-0.1, -0.05) is 108 Å². The third-order valence-electron chi connectivity index (χ3n) is 22.3. The van der Waals surface area contributed by atoms with Crippen molar-refractivity contribution in [3.63, 3.8) is 0 Å². The van der Waals surface area contributed by atoms with Crippen LogP contribution in [0.3, 0.4) is 0 Å². The molecule has 8 rings (SSSR count). The van der Waals surface area contributed by atoms with Crippen LogP contribution in [0.1, 0.15) is 210 Å². The molecule has 0 radical (unpaired) electrons. The first kappa shape index (κ1) is 47.3. The fraction of sp³-hybridized carbons (Fsp3) is 1.00. The van der Waals surface area contributed by atoms with Crippen LogP contribution < -0.4 is 0 Å². The zero-order valence-corrected chi connectivity index (χ0v) is 41.7. The molecule has 20 atom stereocenters. The highest BCUT2D eigenvalue weighted by Gasteiger charge is 2.66. The van der Waals surface area contributed by atoms with Gasteiger partial charge in [0.15, 0.2) is 0 Å². The van der Waals surface area contributed by atoms with Crippen LogP contribution in [0.25, 0.3) is 0 Å². The fourth-order valence-electron chi connectivity index (χ4n) is 19.2. The Bertz CT molecular complexity index is 1500. The number of hydrogen-bond acceptors (Lipinski definition) is 6. The van der Waals surface area contributed by atoms with E-state index in [4.69, 9.17) is 8.37 Å². The maximum absolute atomic E-state index is 14.7. The molecule has 6 nitrogen and oxygen atoms in total. The van der Waals surface area contributed by atoms with Gasteiger partial charge in [-0.15, -0.1) is 0 Å². The highest BCUT2D eigenvalue weighted by atomic mass is 32.3. The standard InChI is InChI=1S/C54H94O6S/c1-33(2)13-11-15-35(5)43-21-23-45-41-19-17-37-29-39(55)31-49(53(37,9)47(41)25-27-51(43,45)7)59-61(57,58)60-50-32-40(56)30-38-18-20-42-46-24-22-44(36(6)16-12-14-34(3)4)52(46,8)28-26-48(42)54(38,50)10/h33-50,55-56H,11-32H2,1-10H3/t35-,36-,37-,38-,39+,40+,41-,42-,43-,44-,45+,46+,47+,48+,49?,50?,51-,52-,53+,54+/m1/s1. The van der Waals surface area contributed by atoms with E-state index in [9.17, 15) is 18.6 Å². The summed E-state index contributed by atoms with van der Waals surface area (Å²) in [5.74, 6) is 8.41. The second-order valence-corrected chi connectivity index (χ2v) is 27.1. The molecule has 2 N–H and O–H groups in total. The number of fused-ring (bicyclic) bond motifs is 10. The van der Waals surface area contributed by atoms with Gasteiger partial charge >= 0.3 is 10.4 Å². The summed E-state index contributed by atoms with van der Waals surface area (Å²) >= 11 is 0. The van der Waals surface area contributed by atoms with Gasteiger partial charge in [0.2, 0.25) is 0 Å². The Hall–Kier alpha value is -0.210. The van der Waals surface area contributed by atoms with Gasteiger partial charge in [-0.2, -0.15) is 8.42 Å². The summed E-state index contributed by atoms with van der Waals surface area (Å²) in [7, 11) is -4.43. The van der Waals surface area contributed by atoms with Crippen LogP contribution in [-0.2, 0) is 18.8 Å². The minimum absolute atomic E-state index is 0.247. The average molecular weight is 871 g/mol. The Morgan fingerprint density at radius 1 is 0.508 bits per heavy atom. The van der Waals surface area contributed by atoms with Crippen molar-refractivity contribution >= 4 is 10.4 Å². The summed E-state index contributed by atoms with van der Waals surface area (Å²) in [4.78, 5) is 0. The van der Waals surface area contributed by atoms with Gasteiger partial charge < -0.3 is 10.2 Å². The first-order valence-electron chi connectivity index (χ1n) is 26.7. The zero-order chi connectivity index (χ0) is 43.9. The Kier molecular flexibility index (Phi) is 13.8. The molecule has 0 saturated heterocycles.